The van der Waals surface area contributed by atoms with Crippen LogP contribution in [0.1, 0.15) is 37.0 Å². The summed E-state index contributed by atoms with van der Waals surface area (Å²) in [6.07, 6.45) is 3.09. The van der Waals surface area contributed by atoms with Gasteiger partial charge < -0.3 is 25.4 Å². The number of nitrogens with zero attached hydrogens (tertiary/aromatic N) is 1. The number of methoxy groups -OCH3 is 1. The SMILES string of the molecule is COc1cc2nccc(Oc3c(F)cc(NC(=O)NC4CC4)c(Cl)c3F)c2cc1C(=O)NC(C)C. The highest BCUT2D eigenvalue weighted by Crippen LogP contribution is 2.39. The molecule has 8 nitrogen and oxygen atoms in total. The minimum atomic E-state index is -1.19. The Hall–Kier alpha value is -3.66. The zero-order valence-electron chi connectivity index (χ0n) is 19.2. The summed E-state index contributed by atoms with van der Waals surface area (Å²) in [5, 5.41) is 7.58. The summed E-state index contributed by atoms with van der Waals surface area (Å²) >= 11 is 6.06. The number of halogens is 3. The van der Waals surface area contributed by atoms with E-state index in [4.69, 9.17) is 21.1 Å². The zero-order valence-corrected chi connectivity index (χ0v) is 19.9. The van der Waals surface area contributed by atoms with Crippen LogP contribution in [0.5, 0.6) is 17.2 Å². The summed E-state index contributed by atoms with van der Waals surface area (Å²) in [6, 6.07) is 4.60. The quantitative estimate of drug-likeness (QED) is 0.374. The van der Waals surface area contributed by atoms with Gasteiger partial charge in [0.2, 0.25) is 0 Å². The normalized spacial score (nSPS) is 13.0. The Morgan fingerprint density at radius 2 is 1.91 bits per heavy atom. The van der Waals surface area contributed by atoms with Crippen molar-refractivity contribution in [1.29, 1.82) is 0 Å². The number of ether oxygens (including phenoxy) is 2. The van der Waals surface area contributed by atoms with Gasteiger partial charge in [-0.2, -0.15) is 0 Å². The Bertz CT molecular complexity index is 1310. The van der Waals surface area contributed by atoms with Crippen LogP contribution in [0.2, 0.25) is 5.02 Å². The Kier molecular flexibility index (Phi) is 6.93. The minimum absolute atomic E-state index is 0.0392. The number of hydrogen-bond donors (Lipinski definition) is 3. The van der Waals surface area contributed by atoms with Gasteiger partial charge in [0.05, 0.1) is 23.9 Å². The smallest absolute Gasteiger partial charge is 0.319 e. The summed E-state index contributed by atoms with van der Waals surface area (Å²) in [7, 11) is 1.42. The molecule has 1 saturated carbocycles. The molecule has 0 unspecified atom stereocenters. The Morgan fingerprint density at radius 3 is 2.57 bits per heavy atom. The number of anilines is 1. The largest absolute Gasteiger partial charge is 0.496 e. The average Bonchev–Trinajstić information content (AvgIpc) is 3.62. The van der Waals surface area contributed by atoms with Crippen molar-refractivity contribution in [3.8, 4) is 17.2 Å². The molecule has 0 radical (unpaired) electrons. The van der Waals surface area contributed by atoms with Gasteiger partial charge in [-0.25, -0.2) is 13.6 Å². The van der Waals surface area contributed by atoms with Gasteiger partial charge in [-0.3, -0.25) is 9.78 Å². The van der Waals surface area contributed by atoms with Gasteiger partial charge >= 0.3 is 6.03 Å². The van der Waals surface area contributed by atoms with Crippen molar-refractivity contribution in [2.75, 3.05) is 12.4 Å². The standard InChI is InChI=1S/C24H23ClF2N4O4/c1-11(2)29-23(32)14-8-13-16(10-19(14)34-3)28-7-6-18(13)35-22-15(26)9-17(20(25)21(22)27)31-24(33)30-12-4-5-12/h6-12H,4-5H2,1-3H3,(H,29,32)(H2,30,31,33). The van der Waals surface area contributed by atoms with Crippen LogP contribution in [0, 0.1) is 11.6 Å². The second-order valence-corrected chi connectivity index (χ2v) is 8.72. The maximum absolute atomic E-state index is 15.0. The molecule has 0 bridgehead atoms. The van der Waals surface area contributed by atoms with Crippen LogP contribution >= 0.6 is 11.6 Å². The molecule has 3 aromatic rings. The first-order valence-corrected chi connectivity index (χ1v) is 11.3. The first kappa shape index (κ1) is 24.5. The first-order valence-electron chi connectivity index (χ1n) is 10.9. The van der Waals surface area contributed by atoms with Gasteiger partial charge in [0.15, 0.2) is 17.4 Å². The molecular formula is C24H23ClF2N4O4. The van der Waals surface area contributed by atoms with Gasteiger partial charge in [-0.1, -0.05) is 11.6 Å². The van der Waals surface area contributed by atoms with E-state index in [0.717, 1.165) is 18.9 Å². The Balaban J connectivity index is 1.70. The molecule has 3 N–H and O–H groups in total. The molecule has 1 heterocycles. The zero-order chi connectivity index (χ0) is 25.3. The van der Waals surface area contributed by atoms with E-state index in [1.165, 1.54) is 31.5 Å². The highest BCUT2D eigenvalue weighted by molar-refractivity contribution is 6.34. The second-order valence-electron chi connectivity index (χ2n) is 8.34. The van der Waals surface area contributed by atoms with Crippen LogP contribution in [-0.4, -0.2) is 36.1 Å². The van der Waals surface area contributed by atoms with Crippen molar-refractivity contribution in [3.63, 3.8) is 0 Å². The van der Waals surface area contributed by atoms with Gasteiger partial charge in [0.25, 0.3) is 5.91 Å². The predicted molar refractivity (Wildman–Crippen MR) is 128 cm³/mol. The number of hydrogen-bond acceptors (Lipinski definition) is 5. The highest BCUT2D eigenvalue weighted by atomic mass is 35.5. The van der Waals surface area contributed by atoms with Crippen molar-refractivity contribution >= 4 is 40.1 Å². The molecule has 1 aliphatic rings. The van der Waals surface area contributed by atoms with E-state index >= 15 is 4.39 Å². The van der Waals surface area contributed by atoms with Crippen molar-refractivity contribution in [2.45, 2.75) is 38.8 Å². The third-order valence-corrected chi connectivity index (χ3v) is 5.55. The van der Waals surface area contributed by atoms with Gasteiger partial charge in [-0.15, -0.1) is 0 Å². The van der Waals surface area contributed by atoms with E-state index in [1.54, 1.807) is 0 Å². The summed E-state index contributed by atoms with van der Waals surface area (Å²) in [5.41, 5.74) is 0.346. The number of fused-ring (bicyclic) bond motifs is 1. The van der Waals surface area contributed by atoms with E-state index in [0.29, 0.717) is 10.9 Å². The van der Waals surface area contributed by atoms with Gasteiger partial charge in [-0.05, 0) is 38.8 Å². The maximum atomic E-state index is 15.0. The van der Waals surface area contributed by atoms with Crippen molar-refractivity contribution in [1.82, 2.24) is 15.6 Å². The number of pyridine rings is 1. The molecule has 2 aromatic carbocycles. The Morgan fingerprint density at radius 1 is 1.17 bits per heavy atom. The number of nitrogens with one attached hydrogen (secondary N) is 3. The van der Waals surface area contributed by atoms with Crippen molar-refractivity contribution < 1.29 is 27.8 Å². The molecule has 1 fully saturated rings. The fourth-order valence-corrected chi connectivity index (χ4v) is 3.56. The number of carbonyl (C=O) groups is 2. The molecule has 1 aromatic heterocycles. The average molecular weight is 505 g/mol. The molecule has 0 aliphatic heterocycles. The molecule has 184 valence electrons. The van der Waals surface area contributed by atoms with Crippen LogP contribution in [0.15, 0.2) is 30.5 Å². The molecular weight excluding hydrogens is 482 g/mol. The fourth-order valence-electron chi connectivity index (χ4n) is 3.37. The van der Waals surface area contributed by atoms with Crippen LogP contribution in [0.25, 0.3) is 10.9 Å². The summed E-state index contributed by atoms with van der Waals surface area (Å²) in [6.45, 7) is 3.62. The van der Waals surface area contributed by atoms with Crippen molar-refractivity contribution in [3.05, 3.63) is 52.7 Å². The van der Waals surface area contributed by atoms with Crippen molar-refractivity contribution in [2.24, 2.45) is 0 Å². The van der Waals surface area contributed by atoms with E-state index in [-0.39, 0.29) is 34.8 Å². The minimum Gasteiger partial charge on any atom is -0.496 e. The van der Waals surface area contributed by atoms with E-state index in [1.807, 2.05) is 13.8 Å². The number of aromatic nitrogens is 1. The number of benzene rings is 2. The Labute approximate surface area is 205 Å². The third-order valence-electron chi connectivity index (χ3n) is 5.18. The monoisotopic (exact) mass is 504 g/mol. The van der Waals surface area contributed by atoms with E-state index < -0.39 is 34.3 Å². The lowest BCUT2D eigenvalue weighted by Gasteiger charge is -2.16. The number of urea groups is 1. The predicted octanol–water partition coefficient (Wildman–Crippen LogP) is 5.39. The van der Waals surface area contributed by atoms with Gasteiger partial charge in [0, 0.05) is 35.8 Å². The maximum Gasteiger partial charge on any atom is 0.319 e. The molecule has 0 atom stereocenters. The van der Waals surface area contributed by atoms with Crippen LogP contribution in [-0.2, 0) is 0 Å². The lowest BCUT2D eigenvalue weighted by Crippen LogP contribution is -2.30. The first-order chi connectivity index (χ1) is 16.7. The van der Waals surface area contributed by atoms with E-state index in [9.17, 15) is 14.0 Å². The van der Waals surface area contributed by atoms with Gasteiger partial charge in [0.1, 0.15) is 16.5 Å². The second kappa shape index (κ2) is 9.91. The van der Waals surface area contributed by atoms with Crippen LogP contribution in [0.4, 0.5) is 19.3 Å². The number of carbonyl (C=O) groups excluding carboxylic acids is 2. The third kappa shape index (κ3) is 5.37. The molecule has 0 spiro atoms. The molecule has 3 amide bonds. The lowest BCUT2D eigenvalue weighted by molar-refractivity contribution is 0.0940. The van der Waals surface area contributed by atoms with Crippen LogP contribution < -0.4 is 25.4 Å². The van der Waals surface area contributed by atoms with Crippen LogP contribution in [0.3, 0.4) is 0 Å². The molecule has 35 heavy (non-hydrogen) atoms. The molecule has 4 rings (SSSR count). The number of rotatable bonds is 7. The van der Waals surface area contributed by atoms with E-state index in [2.05, 4.69) is 20.9 Å². The molecule has 11 heteroatoms. The number of amides is 3. The summed E-state index contributed by atoms with van der Waals surface area (Å²) in [5.74, 6) is -3.11. The summed E-state index contributed by atoms with van der Waals surface area (Å²) in [4.78, 5) is 28.9. The highest BCUT2D eigenvalue weighted by Gasteiger charge is 2.26. The fraction of sp³-hybridized carbons (Fsp3) is 0.292. The topological polar surface area (TPSA) is 102 Å². The molecule has 0 saturated heterocycles. The molecule has 1 aliphatic carbocycles. The summed E-state index contributed by atoms with van der Waals surface area (Å²) < 4.78 is 40.8. The lowest BCUT2D eigenvalue weighted by atomic mass is 10.1.